The van der Waals surface area contributed by atoms with Crippen LogP contribution in [-0.2, 0) is 0 Å². The maximum atomic E-state index is 13.0. The van der Waals surface area contributed by atoms with Crippen LogP contribution in [0.3, 0.4) is 0 Å². The van der Waals surface area contributed by atoms with Crippen molar-refractivity contribution in [2.75, 3.05) is 26.2 Å². The number of piperidine rings is 1. The molecule has 0 bridgehead atoms. The molecule has 0 aliphatic carbocycles. The standard InChI is InChI=1S/C21H26N2O3/c1-2-25-19-9-5-6-10-20(19)26-18-8-4-3-7-17(18)21(24)23-13-11-16(15-22)12-14-23/h3-10,16H,2,11-15,22H2,1H3. The molecule has 1 saturated heterocycles. The minimum atomic E-state index is 0.00459. The van der Waals surface area contributed by atoms with Gasteiger partial charge >= 0.3 is 0 Å². The van der Waals surface area contributed by atoms with E-state index in [-0.39, 0.29) is 5.91 Å². The van der Waals surface area contributed by atoms with Crippen molar-refractivity contribution in [2.24, 2.45) is 11.7 Å². The quantitative estimate of drug-likeness (QED) is 0.859. The summed E-state index contributed by atoms with van der Waals surface area (Å²) in [5.41, 5.74) is 6.32. The Morgan fingerprint density at radius 3 is 2.31 bits per heavy atom. The number of hydrogen-bond acceptors (Lipinski definition) is 4. The van der Waals surface area contributed by atoms with Crippen molar-refractivity contribution in [3.05, 3.63) is 54.1 Å². The molecule has 2 aromatic rings. The number of para-hydroxylation sites is 3. The second-order valence-corrected chi connectivity index (χ2v) is 6.45. The lowest BCUT2D eigenvalue weighted by atomic mass is 9.96. The highest BCUT2D eigenvalue weighted by Gasteiger charge is 2.25. The van der Waals surface area contributed by atoms with Gasteiger partial charge in [-0.15, -0.1) is 0 Å². The minimum absolute atomic E-state index is 0.00459. The molecule has 1 heterocycles. The van der Waals surface area contributed by atoms with Crippen molar-refractivity contribution in [3.8, 4) is 17.2 Å². The molecule has 26 heavy (non-hydrogen) atoms. The molecule has 0 radical (unpaired) electrons. The van der Waals surface area contributed by atoms with E-state index in [9.17, 15) is 4.79 Å². The predicted molar refractivity (Wildman–Crippen MR) is 102 cm³/mol. The molecule has 2 aromatic carbocycles. The molecular formula is C21H26N2O3. The second-order valence-electron chi connectivity index (χ2n) is 6.45. The number of likely N-dealkylation sites (tertiary alicyclic amines) is 1. The van der Waals surface area contributed by atoms with Crippen LogP contribution >= 0.6 is 0 Å². The predicted octanol–water partition coefficient (Wildman–Crippen LogP) is 3.69. The van der Waals surface area contributed by atoms with Gasteiger partial charge in [0.15, 0.2) is 11.5 Å². The summed E-state index contributed by atoms with van der Waals surface area (Å²) in [7, 11) is 0. The first-order valence-electron chi connectivity index (χ1n) is 9.21. The third-order valence-electron chi connectivity index (χ3n) is 4.72. The monoisotopic (exact) mass is 354 g/mol. The normalized spacial score (nSPS) is 14.9. The van der Waals surface area contributed by atoms with Crippen molar-refractivity contribution < 1.29 is 14.3 Å². The Morgan fingerprint density at radius 1 is 1.04 bits per heavy atom. The van der Waals surface area contributed by atoms with Crippen molar-refractivity contribution in [1.29, 1.82) is 0 Å². The maximum absolute atomic E-state index is 13.0. The largest absolute Gasteiger partial charge is 0.490 e. The van der Waals surface area contributed by atoms with Crippen molar-refractivity contribution in [3.63, 3.8) is 0 Å². The third kappa shape index (κ3) is 4.17. The van der Waals surface area contributed by atoms with Crippen molar-refractivity contribution in [2.45, 2.75) is 19.8 Å². The van der Waals surface area contributed by atoms with Crippen LogP contribution in [0.4, 0.5) is 0 Å². The summed E-state index contributed by atoms with van der Waals surface area (Å²) in [5.74, 6) is 2.34. The molecule has 0 atom stereocenters. The van der Waals surface area contributed by atoms with E-state index in [2.05, 4.69) is 0 Å². The van der Waals surface area contributed by atoms with Gasteiger partial charge < -0.3 is 20.1 Å². The molecule has 0 aromatic heterocycles. The van der Waals surface area contributed by atoms with Gasteiger partial charge in [-0.3, -0.25) is 4.79 Å². The first-order valence-corrected chi connectivity index (χ1v) is 9.21. The molecule has 1 aliphatic heterocycles. The Balaban J connectivity index is 1.79. The second kappa shape index (κ2) is 8.72. The average molecular weight is 354 g/mol. The van der Waals surface area contributed by atoms with Gasteiger partial charge in [0.25, 0.3) is 5.91 Å². The van der Waals surface area contributed by atoms with Crippen LogP contribution in [0.5, 0.6) is 17.2 Å². The smallest absolute Gasteiger partial charge is 0.257 e. The van der Waals surface area contributed by atoms with Crippen LogP contribution in [0, 0.1) is 5.92 Å². The van der Waals surface area contributed by atoms with Gasteiger partial charge in [-0.2, -0.15) is 0 Å². The van der Waals surface area contributed by atoms with Gasteiger partial charge in [-0.25, -0.2) is 0 Å². The molecule has 1 amide bonds. The number of nitrogens with zero attached hydrogens (tertiary/aromatic N) is 1. The van der Waals surface area contributed by atoms with Crippen LogP contribution in [0.15, 0.2) is 48.5 Å². The average Bonchev–Trinajstić information content (AvgIpc) is 2.70. The molecule has 5 nitrogen and oxygen atoms in total. The number of carbonyl (C=O) groups excluding carboxylic acids is 1. The van der Waals surface area contributed by atoms with E-state index in [1.54, 1.807) is 0 Å². The minimum Gasteiger partial charge on any atom is -0.490 e. The highest BCUT2D eigenvalue weighted by Crippen LogP contribution is 2.33. The lowest BCUT2D eigenvalue weighted by Crippen LogP contribution is -2.40. The summed E-state index contributed by atoms with van der Waals surface area (Å²) in [6, 6.07) is 14.9. The third-order valence-corrected chi connectivity index (χ3v) is 4.72. The Bertz CT molecular complexity index is 740. The highest BCUT2D eigenvalue weighted by atomic mass is 16.5. The Kier molecular flexibility index (Phi) is 6.12. The Labute approximate surface area is 154 Å². The summed E-state index contributed by atoms with van der Waals surface area (Å²) < 4.78 is 11.7. The molecule has 2 N–H and O–H groups in total. The van der Waals surface area contributed by atoms with Crippen molar-refractivity contribution in [1.82, 2.24) is 4.90 Å². The fourth-order valence-electron chi connectivity index (χ4n) is 3.20. The number of hydrogen-bond donors (Lipinski definition) is 1. The van der Waals surface area contributed by atoms with Gasteiger partial charge in [-0.1, -0.05) is 24.3 Å². The van der Waals surface area contributed by atoms with E-state index in [1.807, 2.05) is 60.4 Å². The van der Waals surface area contributed by atoms with Gasteiger partial charge in [0.2, 0.25) is 0 Å². The summed E-state index contributed by atoms with van der Waals surface area (Å²) in [6.07, 6.45) is 1.91. The molecule has 5 heteroatoms. The van der Waals surface area contributed by atoms with E-state index in [0.717, 1.165) is 25.9 Å². The zero-order valence-corrected chi connectivity index (χ0v) is 15.2. The first-order chi connectivity index (χ1) is 12.7. The number of carbonyl (C=O) groups is 1. The molecular weight excluding hydrogens is 328 g/mol. The van der Waals surface area contributed by atoms with Crippen LogP contribution in [0.2, 0.25) is 0 Å². The highest BCUT2D eigenvalue weighted by molar-refractivity contribution is 5.97. The molecule has 0 unspecified atom stereocenters. The summed E-state index contributed by atoms with van der Waals surface area (Å²) in [6.45, 7) is 4.65. The molecule has 1 aliphatic rings. The van der Waals surface area contributed by atoms with Gasteiger partial charge in [0.05, 0.1) is 12.2 Å². The number of benzene rings is 2. The number of ether oxygens (including phenoxy) is 2. The van der Waals surface area contributed by atoms with E-state index in [0.29, 0.717) is 41.9 Å². The Morgan fingerprint density at radius 2 is 1.65 bits per heavy atom. The zero-order valence-electron chi connectivity index (χ0n) is 15.2. The van der Waals surface area contributed by atoms with E-state index < -0.39 is 0 Å². The first kappa shape index (κ1) is 18.3. The fraction of sp³-hybridized carbons (Fsp3) is 0.381. The molecule has 0 spiro atoms. The van der Waals surface area contributed by atoms with E-state index in [1.165, 1.54) is 0 Å². The van der Waals surface area contributed by atoms with Crippen molar-refractivity contribution >= 4 is 5.91 Å². The fourth-order valence-corrected chi connectivity index (χ4v) is 3.20. The maximum Gasteiger partial charge on any atom is 0.257 e. The molecule has 1 fully saturated rings. The number of amides is 1. The van der Waals surface area contributed by atoms with Crippen LogP contribution in [0.25, 0.3) is 0 Å². The SMILES string of the molecule is CCOc1ccccc1Oc1ccccc1C(=O)N1CCC(CN)CC1. The number of nitrogens with two attached hydrogens (primary N) is 1. The summed E-state index contributed by atoms with van der Waals surface area (Å²) in [4.78, 5) is 14.9. The molecule has 138 valence electrons. The molecule has 3 rings (SSSR count). The van der Waals surface area contributed by atoms with Crippen LogP contribution in [0.1, 0.15) is 30.1 Å². The topological polar surface area (TPSA) is 64.8 Å². The summed E-state index contributed by atoms with van der Waals surface area (Å²) >= 11 is 0. The summed E-state index contributed by atoms with van der Waals surface area (Å²) in [5, 5.41) is 0. The van der Waals surface area contributed by atoms with Gasteiger partial charge in [0.1, 0.15) is 5.75 Å². The zero-order chi connectivity index (χ0) is 18.4. The Hall–Kier alpha value is -2.53. The van der Waals surface area contributed by atoms with E-state index in [4.69, 9.17) is 15.2 Å². The number of rotatable bonds is 6. The lowest BCUT2D eigenvalue weighted by molar-refractivity contribution is 0.0690. The van der Waals surface area contributed by atoms with Crippen LogP contribution in [-0.4, -0.2) is 37.0 Å². The molecule has 0 saturated carbocycles. The van der Waals surface area contributed by atoms with E-state index >= 15 is 0 Å². The van der Waals surface area contributed by atoms with Crippen LogP contribution < -0.4 is 15.2 Å². The van der Waals surface area contributed by atoms with Gasteiger partial charge in [-0.05, 0) is 56.5 Å². The lowest BCUT2D eigenvalue weighted by Gasteiger charge is -2.31. The van der Waals surface area contributed by atoms with Gasteiger partial charge in [0, 0.05) is 13.1 Å².